The molecule has 0 spiro atoms. The maximum atomic E-state index is 11.6. The fraction of sp³-hybridized carbons (Fsp3) is 0.375. The maximum absolute atomic E-state index is 11.6. The molecular weight excluding hydrogens is 541 g/mol. The molecule has 0 bridgehead atoms. The zero-order chi connectivity index (χ0) is 21.3. The number of benzene rings is 2. The summed E-state index contributed by atoms with van der Waals surface area (Å²) in [6, 6.07) is 11.6. The van der Waals surface area contributed by atoms with E-state index in [1.165, 1.54) is 11.8 Å². The molecule has 2 aromatic rings. The SMILES string of the molecule is Cc1ccc([O-])c(N=Nc2c(C)cccc2C)c1.[CH2-]/C=C(/C)N(CC)C(C)C.[Pt+2]. The maximum Gasteiger partial charge on any atom is 2.00 e. The van der Waals surface area contributed by atoms with Gasteiger partial charge in [-0.05, 0) is 70.8 Å². The first-order valence-electron chi connectivity index (χ1n) is 9.69. The Morgan fingerprint density at radius 2 is 1.69 bits per heavy atom. The van der Waals surface area contributed by atoms with E-state index in [0.717, 1.165) is 28.9 Å². The molecule has 0 aliphatic carbocycles. The fourth-order valence-corrected chi connectivity index (χ4v) is 2.91. The van der Waals surface area contributed by atoms with Crippen molar-refractivity contribution >= 4 is 11.4 Å². The molecule has 0 aliphatic rings. The van der Waals surface area contributed by atoms with E-state index < -0.39 is 0 Å². The molecule has 0 aliphatic heterocycles. The van der Waals surface area contributed by atoms with Gasteiger partial charge < -0.3 is 10.0 Å². The van der Waals surface area contributed by atoms with Gasteiger partial charge in [-0.2, -0.15) is 10.2 Å². The molecule has 4 nitrogen and oxygen atoms in total. The van der Waals surface area contributed by atoms with Gasteiger partial charge in [0.25, 0.3) is 0 Å². The second-order valence-electron chi connectivity index (χ2n) is 7.14. The number of azo groups is 1. The summed E-state index contributed by atoms with van der Waals surface area (Å²) >= 11 is 0. The molecule has 0 fully saturated rings. The third-order valence-electron chi connectivity index (χ3n) is 4.52. The van der Waals surface area contributed by atoms with Gasteiger partial charge in [-0.3, -0.25) is 0 Å². The van der Waals surface area contributed by atoms with Crippen molar-refractivity contribution in [1.82, 2.24) is 4.90 Å². The summed E-state index contributed by atoms with van der Waals surface area (Å²) in [7, 11) is 0. The average molecular weight is 575 g/mol. The van der Waals surface area contributed by atoms with Crippen molar-refractivity contribution in [3.63, 3.8) is 0 Å². The molecule has 0 unspecified atom stereocenters. The summed E-state index contributed by atoms with van der Waals surface area (Å²) < 4.78 is 0. The third kappa shape index (κ3) is 8.45. The Morgan fingerprint density at radius 3 is 2.14 bits per heavy atom. The zero-order valence-corrected chi connectivity index (χ0v) is 20.9. The van der Waals surface area contributed by atoms with Crippen LogP contribution in [0.25, 0.3) is 0 Å². The van der Waals surface area contributed by atoms with Crippen LogP contribution in [0.15, 0.2) is 58.4 Å². The number of aryl methyl sites for hydroxylation is 3. The van der Waals surface area contributed by atoms with Gasteiger partial charge in [0, 0.05) is 6.04 Å². The smallest absolute Gasteiger partial charge is 0.871 e. The van der Waals surface area contributed by atoms with Crippen molar-refractivity contribution in [2.45, 2.75) is 54.5 Å². The van der Waals surface area contributed by atoms with E-state index in [2.05, 4.69) is 49.7 Å². The minimum Gasteiger partial charge on any atom is -0.871 e. The normalized spacial score (nSPS) is 11.1. The summed E-state index contributed by atoms with van der Waals surface area (Å²) in [6.07, 6.45) is 1.91. The van der Waals surface area contributed by atoms with Crippen LogP contribution in [-0.4, -0.2) is 17.5 Å². The number of nitrogens with zero attached hydrogens (tertiary/aromatic N) is 3. The molecule has 0 saturated carbocycles. The van der Waals surface area contributed by atoms with Crippen LogP contribution in [0, 0.1) is 27.7 Å². The van der Waals surface area contributed by atoms with Crippen molar-refractivity contribution in [3.05, 3.63) is 71.8 Å². The Kier molecular flexibility index (Phi) is 12.3. The van der Waals surface area contributed by atoms with Crippen LogP contribution < -0.4 is 5.11 Å². The molecule has 0 amide bonds. The topological polar surface area (TPSA) is 51.0 Å². The van der Waals surface area contributed by atoms with E-state index in [4.69, 9.17) is 0 Å². The largest absolute Gasteiger partial charge is 2.00 e. The van der Waals surface area contributed by atoms with Gasteiger partial charge in [0.1, 0.15) is 0 Å². The quantitative estimate of drug-likeness (QED) is 0.300. The standard InChI is InChI=1S/C15H16N2O.C9H18N.Pt/c1-10-7-8-14(18)13(9-10)16-17-15-11(2)5-4-6-12(15)3;1-6-9(5)10(7-2)8(3)4;/h4-9,18H,1-3H3;6,8H,1,7H2,2-5H3;/q;-1;+2/p-1/b;9-6-;. The third-order valence-corrected chi connectivity index (χ3v) is 4.52. The molecule has 29 heavy (non-hydrogen) atoms. The van der Waals surface area contributed by atoms with Crippen LogP contribution >= 0.6 is 0 Å². The van der Waals surface area contributed by atoms with Crippen LogP contribution in [0.2, 0.25) is 0 Å². The fourth-order valence-electron chi connectivity index (χ4n) is 2.91. The molecule has 0 heterocycles. The molecule has 160 valence electrons. The van der Waals surface area contributed by atoms with Crippen molar-refractivity contribution < 1.29 is 26.2 Å². The number of hydrogen-bond donors (Lipinski definition) is 0. The summed E-state index contributed by atoms with van der Waals surface area (Å²) in [5, 5.41) is 19.9. The zero-order valence-electron chi connectivity index (χ0n) is 18.6. The summed E-state index contributed by atoms with van der Waals surface area (Å²) in [4.78, 5) is 2.31. The Morgan fingerprint density at radius 1 is 1.10 bits per heavy atom. The first kappa shape index (κ1) is 26.9. The average Bonchev–Trinajstić information content (AvgIpc) is 2.64. The van der Waals surface area contributed by atoms with E-state index in [1.807, 2.05) is 45.0 Å². The summed E-state index contributed by atoms with van der Waals surface area (Å²) in [5.74, 6) is -0.101. The van der Waals surface area contributed by atoms with Gasteiger partial charge in [-0.25, -0.2) is 13.0 Å². The van der Waals surface area contributed by atoms with E-state index in [-0.39, 0.29) is 26.8 Å². The minimum atomic E-state index is -0.101. The van der Waals surface area contributed by atoms with E-state index in [1.54, 1.807) is 12.1 Å². The van der Waals surface area contributed by atoms with E-state index in [0.29, 0.717) is 11.7 Å². The van der Waals surface area contributed by atoms with Gasteiger partial charge in [-0.1, -0.05) is 43.0 Å². The van der Waals surface area contributed by atoms with Crippen molar-refractivity contribution in [3.8, 4) is 5.75 Å². The molecule has 0 radical (unpaired) electrons. The van der Waals surface area contributed by atoms with Gasteiger partial charge in [0.2, 0.25) is 0 Å². The van der Waals surface area contributed by atoms with Gasteiger partial charge >= 0.3 is 21.1 Å². The van der Waals surface area contributed by atoms with Crippen molar-refractivity contribution in [2.75, 3.05) is 6.54 Å². The molecule has 5 heteroatoms. The van der Waals surface area contributed by atoms with E-state index in [9.17, 15) is 5.11 Å². The predicted octanol–water partition coefficient (Wildman–Crippen LogP) is 6.55. The van der Waals surface area contributed by atoms with Crippen molar-refractivity contribution in [2.24, 2.45) is 10.2 Å². The molecule has 0 atom stereocenters. The van der Waals surface area contributed by atoms with Crippen LogP contribution in [0.4, 0.5) is 11.4 Å². The molecule has 0 saturated heterocycles. The van der Waals surface area contributed by atoms with Crippen LogP contribution in [0.5, 0.6) is 5.75 Å². The van der Waals surface area contributed by atoms with Crippen LogP contribution in [0.3, 0.4) is 0 Å². The second-order valence-corrected chi connectivity index (χ2v) is 7.14. The molecule has 2 aromatic carbocycles. The summed E-state index contributed by atoms with van der Waals surface area (Å²) in [5.41, 5.74) is 5.59. The van der Waals surface area contributed by atoms with Gasteiger partial charge in [0.15, 0.2) is 0 Å². The Balaban J connectivity index is 0.000000616. The monoisotopic (exact) mass is 574 g/mol. The molecule has 0 aromatic heterocycles. The number of hydrogen-bond acceptors (Lipinski definition) is 4. The number of rotatable bonds is 5. The van der Waals surface area contributed by atoms with Gasteiger partial charge in [0.05, 0.1) is 11.4 Å². The van der Waals surface area contributed by atoms with Crippen LogP contribution in [0.1, 0.15) is 44.4 Å². The second kappa shape index (κ2) is 13.2. The Bertz CT molecular complexity index is 809. The van der Waals surface area contributed by atoms with Crippen LogP contribution in [-0.2, 0) is 21.1 Å². The first-order valence-corrected chi connectivity index (χ1v) is 9.69. The predicted molar refractivity (Wildman–Crippen MR) is 117 cm³/mol. The molecular formula is C24H33N3OPt. The molecule has 0 N–H and O–H groups in total. The first-order chi connectivity index (χ1) is 13.2. The number of allylic oxidation sites excluding steroid dienone is 2. The molecule has 2 rings (SSSR count). The van der Waals surface area contributed by atoms with Crippen molar-refractivity contribution in [1.29, 1.82) is 0 Å². The summed E-state index contributed by atoms with van der Waals surface area (Å²) in [6.45, 7) is 19.3. The Hall–Kier alpha value is -2.06. The minimum absolute atomic E-state index is 0. The van der Waals surface area contributed by atoms with Gasteiger partial charge in [-0.15, -0.1) is 5.70 Å². The van der Waals surface area contributed by atoms with E-state index >= 15 is 0 Å². The Labute approximate surface area is 191 Å².